The summed E-state index contributed by atoms with van der Waals surface area (Å²) in [6.45, 7) is 0.411. The minimum Gasteiger partial charge on any atom is -0.467 e. The van der Waals surface area contributed by atoms with E-state index in [-0.39, 0.29) is 11.9 Å². The van der Waals surface area contributed by atoms with Gasteiger partial charge < -0.3 is 13.9 Å². The average molecular weight is 497 g/mol. The van der Waals surface area contributed by atoms with E-state index in [1.165, 1.54) is 0 Å². The molecule has 0 saturated carbocycles. The van der Waals surface area contributed by atoms with Crippen molar-refractivity contribution in [1.82, 2.24) is 9.47 Å². The third-order valence-electron chi connectivity index (χ3n) is 6.50. The zero-order chi connectivity index (χ0) is 22.5. The minimum atomic E-state index is -0.219. The summed E-state index contributed by atoms with van der Waals surface area (Å²) in [7, 11) is 2.10. The zero-order valence-corrected chi connectivity index (χ0v) is 19.6. The smallest absolute Gasteiger partial charge is 0.255 e. The predicted octanol–water partition coefficient (Wildman–Crippen LogP) is 6.95. The molecule has 0 aliphatic carbocycles. The Balaban J connectivity index is 1.65. The van der Waals surface area contributed by atoms with Crippen molar-refractivity contribution in [2.75, 3.05) is 0 Å². The summed E-state index contributed by atoms with van der Waals surface area (Å²) in [5.41, 5.74) is 6.29. The van der Waals surface area contributed by atoms with Crippen LogP contribution >= 0.6 is 15.9 Å². The topological polar surface area (TPSA) is 38.4 Å². The number of amides is 1. The molecular formula is C28H21BrN2O2. The normalized spacial score (nSPS) is 15.4. The quantitative estimate of drug-likeness (QED) is 0.270. The standard InChI is InChI=1S/C28H21BrN2O2/c1-30-24-11-5-4-10-23(24)25(26(30)18-12-14-19(29)15-13-18)27-21-8-2-3-9-22(21)28(32)31(27)17-20-7-6-16-33-20/h2-16,27H,17H2,1H3/t27-/m1/s1. The molecule has 0 bridgehead atoms. The Morgan fingerprint density at radius 2 is 1.67 bits per heavy atom. The maximum absolute atomic E-state index is 13.6. The number of rotatable bonds is 4. The van der Waals surface area contributed by atoms with Crippen molar-refractivity contribution in [2.45, 2.75) is 12.6 Å². The summed E-state index contributed by atoms with van der Waals surface area (Å²) < 4.78 is 8.92. The number of fused-ring (bicyclic) bond motifs is 2. The van der Waals surface area contributed by atoms with Gasteiger partial charge in [0, 0.05) is 33.6 Å². The van der Waals surface area contributed by atoms with Crippen molar-refractivity contribution in [3.8, 4) is 11.3 Å². The molecule has 3 aromatic carbocycles. The van der Waals surface area contributed by atoms with Crippen LogP contribution in [0.4, 0.5) is 0 Å². The molecule has 1 amide bonds. The van der Waals surface area contributed by atoms with Crippen molar-refractivity contribution in [3.05, 3.63) is 118 Å². The summed E-state index contributed by atoms with van der Waals surface area (Å²) in [5.74, 6) is 0.799. The van der Waals surface area contributed by atoms with E-state index in [1.807, 2.05) is 35.2 Å². The maximum Gasteiger partial charge on any atom is 0.255 e. The Morgan fingerprint density at radius 3 is 2.45 bits per heavy atom. The van der Waals surface area contributed by atoms with Crippen molar-refractivity contribution in [2.24, 2.45) is 7.05 Å². The summed E-state index contributed by atoms with van der Waals surface area (Å²) in [6.07, 6.45) is 1.66. The molecule has 0 spiro atoms. The predicted molar refractivity (Wildman–Crippen MR) is 133 cm³/mol. The lowest BCUT2D eigenvalue weighted by atomic mass is 9.93. The van der Waals surface area contributed by atoms with Gasteiger partial charge in [0.25, 0.3) is 5.91 Å². The number of hydrogen-bond donors (Lipinski definition) is 0. The second-order valence-corrected chi connectivity index (χ2v) is 9.26. The van der Waals surface area contributed by atoms with Crippen LogP contribution in [0.3, 0.4) is 0 Å². The Morgan fingerprint density at radius 1 is 0.909 bits per heavy atom. The highest BCUT2D eigenvalue weighted by molar-refractivity contribution is 9.10. The Bertz CT molecular complexity index is 1480. The van der Waals surface area contributed by atoms with E-state index < -0.39 is 0 Å². The highest BCUT2D eigenvalue weighted by Gasteiger charge is 2.40. The van der Waals surface area contributed by atoms with Gasteiger partial charge in [-0.25, -0.2) is 0 Å². The fourth-order valence-electron chi connectivity index (χ4n) is 5.07. The molecule has 1 aliphatic heterocycles. The van der Waals surface area contributed by atoms with Gasteiger partial charge in [-0.15, -0.1) is 0 Å². The van der Waals surface area contributed by atoms with Gasteiger partial charge >= 0.3 is 0 Å². The Hall–Kier alpha value is -3.57. The van der Waals surface area contributed by atoms with Crippen molar-refractivity contribution in [1.29, 1.82) is 0 Å². The molecule has 6 rings (SSSR count). The molecule has 0 unspecified atom stereocenters. The summed E-state index contributed by atoms with van der Waals surface area (Å²) in [6, 6.07) is 28.3. The van der Waals surface area contributed by atoms with E-state index in [0.717, 1.165) is 49.1 Å². The third-order valence-corrected chi connectivity index (χ3v) is 7.03. The number of carbonyl (C=O) groups excluding carboxylic acids is 1. The first kappa shape index (κ1) is 20.1. The first-order valence-electron chi connectivity index (χ1n) is 10.9. The summed E-state index contributed by atoms with van der Waals surface area (Å²) in [5, 5.41) is 1.15. The Kier molecular flexibility index (Phi) is 4.73. The molecule has 5 aromatic rings. The largest absolute Gasteiger partial charge is 0.467 e. The molecule has 33 heavy (non-hydrogen) atoms. The molecule has 2 aromatic heterocycles. The van der Waals surface area contributed by atoms with E-state index in [4.69, 9.17) is 4.42 Å². The summed E-state index contributed by atoms with van der Waals surface area (Å²) >= 11 is 3.56. The number of aromatic nitrogens is 1. The Labute approximate surface area is 200 Å². The lowest BCUT2D eigenvalue weighted by Gasteiger charge is -2.26. The SMILES string of the molecule is Cn1c(-c2ccc(Br)cc2)c([C@H]2c3ccccc3C(=O)N2Cc2ccco2)c2ccccc21. The van der Waals surface area contributed by atoms with Crippen LogP contribution in [0.15, 0.2) is 100 Å². The molecule has 4 nitrogen and oxygen atoms in total. The van der Waals surface area contributed by atoms with Crippen molar-refractivity contribution >= 4 is 32.7 Å². The highest BCUT2D eigenvalue weighted by Crippen LogP contribution is 2.47. The zero-order valence-electron chi connectivity index (χ0n) is 18.0. The van der Waals surface area contributed by atoms with Crippen molar-refractivity contribution < 1.29 is 9.21 Å². The van der Waals surface area contributed by atoms with E-state index >= 15 is 0 Å². The minimum absolute atomic E-state index is 0.0293. The number of halogens is 1. The first-order chi connectivity index (χ1) is 16.1. The van der Waals surface area contributed by atoms with Gasteiger partial charge in [0.2, 0.25) is 0 Å². The van der Waals surface area contributed by atoms with Gasteiger partial charge in [-0.1, -0.05) is 64.5 Å². The average Bonchev–Trinajstić information content (AvgIpc) is 3.52. The molecular weight excluding hydrogens is 476 g/mol. The van der Waals surface area contributed by atoms with Crippen LogP contribution < -0.4 is 0 Å². The molecule has 1 atom stereocenters. The lowest BCUT2D eigenvalue weighted by Crippen LogP contribution is -2.28. The fraction of sp³-hybridized carbons (Fsp3) is 0.107. The van der Waals surface area contributed by atoms with Crippen LogP contribution in [0, 0.1) is 0 Å². The highest BCUT2D eigenvalue weighted by atomic mass is 79.9. The molecule has 0 radical (unpaired) electrons. The van der Waals surface area contributed by atoms with Gasteiger partial charge in [-0.2, -0.15) is 0 Å². The maximum atomic E-state index is 13.6. The van der Waals surface area contributed by atoms with Crippen LogP contribution in [-0.4, -0.2) is 15.4 Å². The number of benzene rings is 3. The number of aryl methyl sites for hydroxylation is 1. The number of hydrogen-bond acceptors (Lipinski definition) is 2. The molecule has 1 aliphatic rings. The fourth-order valence-corrected chi connectivity index (χ4v) is 5.34. The molecule has 0 N–H and O–H groups in total. The first-order valence-corrected chi connectivity index (χ1v) is 11.7. The van der Waals surface area contributed by atoms with Gasteiger partial charge in [0.05, 0.1) is 24.5 Å². The van der Waals surface area contributed by atoms with Crippen LogP contribution in [0.2, 0.25) is 0 Å². The van der Waals surface area contributed by atoms with E-state index in [9.17, 15) is 4.79 Å². The monoisotopic (exact) mass is 496 g/mol. The van der Waals surface area contributed by atoms with Gasteiger partial charge in [0.15, 0.2) is 0 Å². The molecule has 162 valence electrons. The molecule has 0 fully saturated rings. The van der Waals surface area contributed by atoms with Gasteiger partial charge in [-0.3, -0.25) is 4.79 Å². The third kappa shape index (κ3) is 3.15. The van der Waals surface area contributed by atoms with Crippen molar-refractivity contribution in [3.63, 3.8) is 0 Å². The van der Waals surface area contributed by atoms with E-state index in [0.29, 0.717) is 6.54 Å². The summed E-state index contributed by atoms with van der Waals surface area (Å²) in [4.78, 5) is 15.6. The van der Waals surface area contributed by atoms with Gasteiger partial charge in [-0.05, 0) is 47.5 Å². The number of carbonyl (C=O) groups is 1. The van der Waals surface area contributed by atoms with E-state index in [1.54, 1.807) is 6.26 Å². The molecule has 0 saturated heterocycles. The van der Waals surface area contributed by atoms with E-state index in [2.05, 4.69) is 82.1 Å². The lowest BCUT2D eigenvalue weighted by molar-refractivity contribution is 0.0724. The molecule has 3 heterocycles. The number of para-hydroxylation sites is 1. The van der Waals surface area contributed by atoms with Crippen LogP contribution in [0.5, 0.6) is 0 Å². The van der Waals surface area contributed by atoms with Crippen LogP contribution in [-0.2, 0) is 13.6 Å². The number of furan rings is 1. The second kappa shape index (κ2) is 7.78. The second-order valence-electron chi connectivity index (χ2n) is 8.35. The van der Waals surface area contributed by atoms with Gasteiger partial charge in [0.1, 0.15) is 5.76 Å². The number of nitrogens with zero attached hydrogens (tertiary/aromatic N) is 2. The van der Waals surface area contributed by atoms with Crippen LogP contribution in [0.1, 0.15) is 33.3 Å². The van der Waals surface area contributed by atoms with Crippen LogP contribution in [0.25, 0.3) is 22.2 Å². The molecule has 5 heteroatoms.